The van der Waals surface area contributed by atoms with E-state index < -0.39 is 6.10 Å². The molecule has 5 heteroatoms. The van der Waals surface area contributed by atoms with Crippen LogP contribution in [0.15, 0.2) is 71.3 Å². The molecule has 154 valence electrons. The van der Waals surface area contributed by atoms with Crippen LogP contribution in [0, 0.1) is 6.92 Å². The maximum Gasteiger partial charge on any atom is 0.123 e. The topological polar surface area (TPSA) is 55.1 Å². The van der Waals surface area contributed by atoms with Gasteiger partial charge in [0.2, 0.25) is 0 Å². The quantitative estimate of drug-likeness (QED) is 0.521. The standard InChI is InChI=1S/C24H29NO4/c1-3-27-24-12-5-4-9-20(24)15-25(17-23-11-7-13-28-23)16-21(26)18-29-22-10-6-8-19(2)14-22/h4-14,21,26H,3,15-18H2,1-2H3. The van der Waals surface area contributed by atoms with E-state index in [2.05, 4.69) is 11.0 Å². The molecule has 0 saturated carbocycles. The molecule has 5 nitrogen and oxygen atoms in total. The highest BCUT2D eigenvalue weighted by Crippen LogP contribution is 2.21. The summed E-state index contributed by atoms with van der Waals surface area (Å²) >= 11 is 0. The smallest absolute Gasteiger partial charge is 0.123 e. The normalized spacial score (nSPS) is 12.1. The van der Waals surface area contributed by atoms with Crippen LogP contribution in [0.1, 0.15) is 23.8 Å². The summed E-state index contributed by atoms with van der Waals surface area (Å²) in [5.41, 5.74) is 2.21. The molecule has 0 bridgehead atoms. The van der Waals surface area contributed by atoms with Crippen molar-refractivity contribution in [3.05, 3.63) is 83.8 Å². The Bertz CT molecular complexity index is 863. The van der Waals surface area contributed by atoms with E-state index in [0.29, 0.717) is 26.2 Å². The summed E-state index contributed by atoms with van der Waals surface area (Å²) in [6, 6.07) is 19.6. The Morgan fingerprint density at radius 2 is 1.86 bits per heavy atom. The molecule has 3 rings (SSSR count). The second-order valence-electron chi connectivity index (χ2n) is 7.07. The SMILES string of the molecule is CCOc1ccccc1CN(Cc1ccco1)CC(O)COc1cccc(C)c1. The van der Waals surface area contributed by atoms with Crippen molar-refractivity contribution in [3.63, 3.8) is 0 Å². The van der Waals surface area contributed by atoms with E-state index >= 15 is 0 Å². The third-order valence-corrected chi connectivity index (χ3v) is 4.53. The maximum atomic E-state index is 10.6. The summed E-state index contributed by atoms with van der Waals surface area (Å²) in [6.07, 6.45) is 1.03. The fourth-order valence-electron chi connectivity index (χ4n) is 3.23. The summed E-state index contributed by atoms with van der Waals surface area (Å²) in [5, 5.41) is 10.6. The Balaban J connectivity index is 1.65. The van der Waals surface area contributed by atoms with Crippen LogP contribution in [-0.4, -0.2) is 35.9 Å². The lowest BCUT2D eigenvalue weighted by atomic mass is 10.1. The van der Waals surface area contributed by atoms with Crippen molar-refractivity contribution in [2.24, 2.45) is 0 Å². The summed E-state index contributed by atoms with van der Waals surface area (Å²) in [7, 11) is 0. The van der Waals surface area contributed by atoms with Gasteiger partial charge in [-0.25, -0.2) is 0 Å². The zero-order chi connectivity index (χ0) is 20.5. The molecular formula is C24H29NO4. The molecule has 0 radical (unpaired) electrons. The molecule has 3 aromatic rings. The van der Waals surface area contributed by atoms with Crippen molar-refractivity contribution in [2.45, 2.75) is 33.0 Å². The van der Waals surface area contributed by atoms with Crippen LogP contribution in [0.2, 0.25) is 0 Å². The van der Waals surface area contributed by atoms with Gasteiger partial charge in [0, 0.05) is 18.7 Å². The van der Waals surface area contributed by atoms with E-state index in [4.69, 9.17) is 13.9 Å². The van der Waals surface area contributed by atoms with Gasteiger partial charge in [-0.1, -0.05) is 30.3 Å². The van der Waals surface area contributed by atoms with Crippen molar-refractivity contribution >= 4 is 0 Å². The lowest BCUT2D eigenvalue weighted by Crippen LogP contribution is -2.35. The summed E-state index contributed by atoms with van der Waals surface area (Å²) in [4.78, 5) is 2.14. The van der Waals surface area contributed by atoms with E-state index in [0.717, 1.165) is 28.4 Å². The van der Waals surface area contributed by atoms with Gasteiger partial charge in [-0.3, -0.25) is 4.90 Å². The molecule has 1 N–H and O–H groups in total. The van der Waals surface area contributed by atoms with Crippen LogP contribution < -0.4 is 9.47 Å². The Morgan fingerprint density at radius 3 is 2.62 bits per heavy atom. The number of aliphatic hydroxyl groups is 1. The molecule has 1 unspecified atom stereocenters. The fraction of sp³-hybridized carbons (Fsp3) is 0.333. The minimum Gasteiger partial charge on any atom is -0.494 e. The largest absolute Gasteiger partial charge is 0.494 e. The number of furan rings is 1. The Labute approximate surface area is 172 Å². The van der Waals surface area contributed by atoms with E-state index in [1.807, 2.05) is 68.4 Å². The van der Waals surface area contributed by atoms with Crippen LogP contribution >= 0.6 is 0 Å². The average Bonchev–Trinajstić information content (AvgIpc) is 3.21. The Kier molecular flexibility index (Phi) is 7.73. The molecule has 1 aromatic heterocycles. The number of aliphatic hydroxyl groups excluding tert-OH is 1. The van der Waals surface area contributed by atoms with Crippen LogP contribution in [0.4, 0.5) is 0 Å². The van der Waals surface area contributed by atoms with Gasteiger partial charge >= 0.3 is 0 Å². The van der Waals surface area contributed by atoms with Crippen LogP contribution in [0.5, 0.6) is 11.5 Å². The molecule has 0 aliphatic rings. The van der Waals surface area contributed by atoms with Gasteiger partial charge in [0.05, 0.1) is 19.4 Å². The minimum atomic E-state index is -0.635. The summed E-state index contributed by atoms with van der Waals surface area (Å²) in [6.45, 7) is 6.52. The third-order valence-electron chi connectivity index (χ3n) is 4.53. The number of benzene rings is 2. The number of para-hydroxylation sites is 1. The molecule has 0 aliphatic carbocycles. The maximum absolute atomic E-state index is 10.6. The number of nitrogens with zero attached hydrogens (tertiary/aromatic N) is 1. The van der Waals surface area contributed by atoms with Gasteiger partial charge in [-0.2, -0.15) is 0 Å². The first-order valence-electron chi connectivity index (χ1n) is 9.97. The minimum absolute atomic E-state index is 0.227. The number of hydrogen-bond donors (Lipinski definition) is 1. The van der Waals surface area contributed by atoms with Crippen molar-refractivity contribution in [1.82, 2.24) is 4.90 Å². The summed E-state index contributed by atoms with van der Waals surface area (Å²) in [5.74, 6) is 2.49. The van der Waals surface area contributed by atoms with Crippen molar-refractivity contribution in [2.75, 3.05) is 19.8 Å². The molecule has 0 fully saturated rings. The average molecular weight is 395 g/mol. The highest BCUT2D eigenvalue weighted by molar-refractivity contribution is 5.33. The van der Waals surface area contributed by atoms with Crippen LogP contribution in [0.3, 0.4) is 0 Å². The first kappa shape index (κ1) is 21.0. The van der Waals surface area contributed by atoms with E-state index in [1.165, 1.54) is 0 Å². The van der Waals surface area contributed by atoms with Crippen LogP contribution in [-0.2, 0) is 13.1 Å². The molecule has 0 aliphatic heterocycles. The Morgan fingerprint density at radius 1 is 1.00 bits per heavy atom. The molecule has 1 heterocycles. The monoisotopic (exact) mass is 395 g/mol. The third kappa shape index (κ3) is 6.66. The van der Waals surface area contributed by atoms with Gasteiger partial charge in [-0.05, 0) is 49.7 Å². The first-order valence-corrected chi connectivity index (χ1v) is 9.97. The van der Waals surface area contributed by atoms with E-state index in [-0.39, 0.29) is 6.61 Å². The van der Waals surface area contributed by atoms with Crippen molar-refractivity contribution < 1.29 is 19.0 Å². The van der Waals surface area contributed by atoms with Crippen molar-refractivity contribution in [1.29, 1.82) is 0 Å². The molecule has 0 amide bonds. The summed E-state index contributed by atoms with van der Waals surface area (Å²) < 4.78 is 17.0. The second-order valence-corrected chi connectivity index (χ2v) is 7.07. The zero-order valence-electron chi connectivity index (χ0n) is 17.1. The number of rotatable bonds is 11. The van der Waals surface area contributed by atoms with Gasteiger partial charge in [0.1, 0.15) is 30.0 Å². The highest BCUT2D eigenvalue weighted by Gasteiger charge is 2.17. The molecule has 29 heavy (non-hydrogen) atoms. The number of aryl methyl sites for hydroxylation is 1. The van der Waals surface area contributed by atoms with Crippen molar-refractivity contribution in [3.8, 4) is 11.5 Å². The predicted molar refractivity (Wildman–Crippen MR) is 113 cm³/mol. The predicted octanol–water partition coefficient (Wildman–Crippen LogP) is 4.43. The van der Waals surface area contributed by atoms with Gasteiger partial charge < -0.3 is 19.0 Å². The molecule has 0 spiro atoms. The molecule has 1 atom stereocenters. The van der Waals surface area contributed by atoms with E-state index in [1.54, 1.807) is 6.26 Å². The molecule has 2 aromatic carbocycles. The van der Waals surface area contributed by atoms with Gasteiger partial charge in [0.15, 0.2) is 0 Å². The molecule has 0 saturated heterocycles. The lowest BCUT2D eigenvalue weighted by Gasteiger charge is -2.25. The van der Waals surface area contributed by atoms with Gasteiger partial charge in [-0.15, -0.1) is 0 Å². The first-order chi connectivity index (χ1) is 14.1. The second kappa shape index (κ2) is 10.7. The van der Waals surface area contributed by atoms with Crippen LogP contribution in [0.25, 0.3) is 0 Å². The number of hydrogen-bond acceptors (Lipinski definition) is 5. The molecular weight excluding hydrogens is 366 g/mol. The highest BCUT2D eigenvalue weighted by atomic mass is 16.5. The van der Waals surface area contributed by atoms with Gasteiger partial charge in [0.25, 0.3) is 0 Å². The lowest BCUT2D eigenvalue weighted by molar-refractivity contribution is 0.0601. The number of ether oxygens (including phenoxy) is 2. The fourth-order valence-corrected chi connectivity index (χ4v) is 3.23. The zero-order valence-corrected chi connectivity index (χ0v) is 17.1. The Hall–Kier alpha value is -2.76. The van der Waals surface area contributed by atoms with E-state index in [9.17, 15) is 5.11 Å².